The number of nitrogens with zero attached hydrogens (tertiary/aromatic N) is 4. The number of amides is 1. The van der Waals surface area contributed by atoms with Crippen LogP contribution < -0.4 is 11.3 Å². The number of carbonyl (C=O) groups excluding carboxylic acids is 1. The molecule has 6 rings (SSSR count). The van der Waals surface area contributed by atoms with Crippen molar-refractivity contribution < 1.29 is 4.79 Å². The van der Waals surface area contributed by atoms with E-state index in [1.165, 1.54) is 11.1 Å². The predicted molar refractivity (Wildman–Crippen MR) is 155 cm³/mol. The van der Waals surface area contributed by atoms with Gasteiger partial charge in [-0.25, -0.2) is 5.10 Å². The van der Waals surface area contributed by atoms with Gasteiger partial charge in [-0.15, -0.1) is 0 Å². The predicted octanol–water partition coefficient (Wildman–Crippen LogP) is 4.74. The Bertz CT molecular complexity index is 1640. The minimum absolute atomic E-state index is 0.0941. The molecule has 0 bridgehead atoms. The maximum atomic E-state index is 14.7. The Kier molecular flexibility index (Phi) is 6.74. The highest BCUT2D eigenvalue weighted by Gasteiger charge is 2.54. The monoisotopic (exact) mass is 536 g/mol. The van der Waals surface area contributed by atoms with E-state index >= 15 is 0 Å². The zero-order valence-corrected chi connectivity index (χ0v) is 23.4. The number of hydrogen-bond acceptors (Lipinski definition) is 6. The number of benzene rings is 1. The summed E-state index contributed by atoms with van der Waals surface area (Å²) in [5.74, 6) is 0.483. The van der Waals surface area contributed by atoms with Crippen molar-refractivity contribution in [2.45, 2.75) is 83.3 Å². The molecule has 1 amide bonds. The largest absolute Gasteiger partial charge is 0.327 e. The van der Waals surface area contributed by atoms with Gasteiger partial charge in [-0.1, -0.05) is 32.0 Å². The van der Waals surface area contributed by atoms with Crippen LogP contribution in [0.4, 0.5) is 0 Å². The fourth-order valence-corrected chi connectivity index (χ4v) is 6.27. The molecule has 8 nitrogen and oxygen atoms in total. The molecule has 40 heavy (non-hydrogen) atoms. The Morgan fingerprint density at radius 2 is 2.02 bits per heavy atom. The molecule has 0 radical (unpaired) electrons. The average Bonchev–Trinajstić information content (AvgIpc) is 3.78. The van der Waals surface area contributed by atoms with Crippen LogP contribution in [0.5, 0.6) is 0 Å². The first-order chi connectivity index (χ1) is 19.3. The van der Waals surface area contributed by atoms with Gasteiger partial charge in [0.1, 0.15) is 0 Å². The second-order valence-electron chi connectivity index (χ2n) is 11.6. The summed E-state index contributed by atoms with van der Waals surface area (Å²) in [5, 5.41) is 8.06. The molecule has 3 N–H and O–H groups in total. The SMILES string of the molecule is Cc1cc(C2(C(=O)N(Cc3ccc(C(C)C)cn3)C3CCCc4cccnc43)CC2)cc2c(CN)n[nH]c(=O)c12. The van der Waals surface area contributed by atoms with Crippen LogP contribution in [0.3, 0.4) is 0 Å². The quantitative estimate of drug-likeness (QED) is 0.352. The van der Waals surface area contributed by atoms with Gasteiger partial charge in [0.2, 0.25) is 5.91 Å². The van der Waals surface area contributed by atoms with Crippen LogP contribution in [0.1, 0.15) is 90.8 Å². The first kappa shape index (κ1) is 26.3. The fraction of sp³-hybridized carbons (Fsp3) is 0.406. The molecule has 3 aromatic heterocycles. The molecule has 0 spiro atoms. The number of aromatic amines is 1. The van der Waals surface area contributed by atoms with Gasteiger partial charge in [0.05, 0.1) is 40.5 Å². The maximum Gasteiger partial charge on any atom is 0.272 e. The molecule has 1 fully saturated rings. The molecule has 2 aliphatic rings. The van der Waals surface area contributed by atoms with E-state index in [2.05, 4.69) is 36.2 Å². The third kappa shape index (κ3) is 4.50. The minimum Gasteiger partial charge on any atom is -0.327 e. The van der Waals surface area contributed by atoms with Crippen molar-refractivity contribution in [3.8, 4) is 0 Å². The minimum atomic E-state index is -0.655. The second-order valence-corrected chi connectivity index (χ2v) is 11.6. The highest BCUT2D eigenvalue weighted by atomic mass is 16.2. The van der Waals surface area contributed by atoms with Crippen LogP contribution in [0.15, 0.2) is 53.6 Å². The molecule has 1 unspecified atom stereocenters. The van der Waals surface area contributed by atoms with E-state index in [0.717, 1.165) is 60.0 Å². The summed E-state index contributed by atoms with van der Waals surface area (Å²) in [6.45, 7) is 6.84. The topological polar surface area (TPSA) is 118 Å². The number of aromatic nitrogens is 4. The third-order valence-electron chi connectivity index (χ3n) is 8.72. The summed E-state index contributed by atoms with van der Waals surface area (Å²) in [6, 6.07) is 12.1. The average molecular weight is 537 g/mol. The van der Waals surface area contributed by atoms with E-state index in [4.69, 9.17) is 15.7 Å². The summed E-state index contributed by atoms with van der Waals surface area (Å²) < 4.78 is 0. The van der Waals surface area contributed by atoms with Gasteiger partial charge in [0.25, 0.3) is 5.56 Å². The zero-order chi connectivity index (χ0) is 28.0. The zero-order valence-electron chi connectivity index (χ0n) is 23.4. The van der Waals surface area contributed by atoms with Gasteiger partial charge in [-0.05, 0) is 85.4 Å². The second kappa shape index (κ2) is 10.2. The summed E-state index contributed by atoms with van der Waals surface area (Å²) in [4.78, 5) is 38.9. The number of aryl methyl sites for hydroxylation is 2. The van der Waals surface area contributed by atoms with Crippen molar-refractivity contribution in [1.82, 2.24) is 25.1 Å². The highest BCUT2D eigenvalue weighted by Crippen LogP contribution is 2.52. The van der Waals surface area contributed by atoms with Gasteiger partial charge >= 0.3 is 0 Å². The lowest BCUT2D eigenvalue weighted by Crippen LogP contribution is -2.43. The normalized spacial score (nSPS) is 17.6. The smallest absolute Gasteiger partial charge is 0.272 e. The maximum absolute atomic E-state index is 14.7. The van der Waals surface area contributed by atoms with Crippen LogP contribution >= 0.6 is 0 Å². The summed E-state index contributed by atoms with van der Waals surface area (Å²) in [7, 11) is 0. The number of carbonyl (C=O) groups is 1. The lowest BCUT2D eigenvalue weighted by molar-refractivity contribution is -0.137. The van der Waals surface area contributed by atoms with Crippen molar-refractivity contribution in [3.63, 3.8) is 0 Å². The van der Waals surface area contributed by atoms with E-state index in [-0.39, 0.29) is 24.1 Å². The Morgan fingerprint density at radius 3 is 2.73 bits per heavy atom. The number of pyridine rings is 2. The lowest BCUT2D eigenvalue weighted by atomic mass is 9.86. The molecule has 1 saturated carbocycles. The van der Waals surface area contributed by atoms with Crippen LogP contribution in [0.25, 0.3) is 10.8 Å². The van der Waals surface area contributed by atoms with E-state index in [1.807, 2.05) is 48.5 Å². The van der Waals surface area contributed by atoms with Gasteiger partial charge in [0.15, 0.2) is 0 Å². The number of nitrogens with one attached hydrogen (secondary N) is 1. The van der Waals surface area contributed by atoms with Gasteiger partial charge in [0, 0.05) is 24.3 Å². The molecule has 0 aliphatic heterocycles. The molecule has 1 atom stereocenters. The molecule has 1 aromatic carbocycles. The molecular formula is C32H36N6O2. The molecule has 0 saturated heterocycles. The van der Waals surface area contributed by atoms with Crippen molar-refractivity contribution >= 4 is 16.7 Å². The van der Waals surface area contributed by atoms with Gasteiger partial charge in [-0.3, -0.25) is 19.6 Å². The number of fused-ring (bicyclic) bond motifs is 2. The highest BCUT2D eigenvalue weighted by molar-refractivity contribution is 5.95. The molecular weight excluding hydrogens is 500 g/mol. The van der Waals surface area contributed by atoms with Crippen LogP contribution in [-0.2, 0) is 29.7 Å². The summed E-state index contributed by atoms with van der Waals surface area (Å²) >= 11 is 0. The number of hydrogen-bond donors (Lipinski definition) is 2. The first-order valence-corrected chi connectivity index (χ1v) is 14.2. The summed E-state index contributed by atoms with van der Waals surface area (Å²) in [5.41, 5.74) is 11.7. The van der Waals surface area contributed by atoms with Crippen LogP contribution in [0, 0.1) is 6.92 Å². The van der Waals surface area contributed by atoms with Crippen LogP contribution in [-0.4, -0.2) is 31.0 Å². The fourth-order valence-electron chi connectivity index (χ4n) is 6.27. The molecule has 8 heteroatoms. The Morgan fingerprint density at radius 1 is 1.20 bits per heavy atom. The Labute approximate surface area is 234 Å². The Balaban J connectivity index is 1.44. The number of H-pyrrole nitrogens is 1. The molecule has 4 aromatic rings. The number of nitrogens with two attached hydrogens (primary N) is 1. The van der Waals surface area contributed by atoms with E-state index in [0.29, 0.717) is 23.5 Å². The van der Waals surface area contributed by atoms with Crippen molar-refractivity contribution in [3.05, 3.63) is 98.5 Å². The van der Waals surface area contributed by atoms with Crippen LogP contribution in [0.2, 0.25) is 0 Å². The Hall–Kier alpha value is -3.91. The van der Waals surface area contributed by atoms with Crippen molar-refractivity contribution in [2.24, 2.45) is 5.73 Å². The van der Waals surface area contributed by atoms with E-state index in [1.54, 1.807) is 0 Å². The number of rotatable bonds is 7. The van der Waals surface area contributed by atoms with E-state index in [9.17, 15) is 9.59 Å². The van der Waals surface area contributed by atoms with Gasteiger partial charge in [-0.2, -0.15) is 5.10 Å². The molecule has 3 heterocycles. The standard InChI is InChI=1S/C32H36N6O2/c1-19(2)22-9-10-24(35-17-22)18-38(27-8-4-6-21-7-5-13-34-29(21)27)31(40)32(11-12-32)23-14-20(3)28-25(15-23)26(16-33)36-37-30(28)39/h5,7,9-10,13-15,17,19,27H,4,6,8,11-12,16,18,33H2,1-3H3,(H,37,39). The van der Waals surface area contributed by atoms with Crippen molar-refractivity contribution in [1.29, 1.82) is 0 Å². The van der Waals surface area contributed by atoms with E-state index < -0.39 is 5.41 Å². The first-order valence-electron chi connectivity index (χ1n) is 14.2. The third-order valence-corrected chi connectivity index (χ3v) is 8.72. The summed E-state index contributed by atoms with van der Waals surface area (Å²) in [6.07, 6.45) is 8.10. The lowest BCUT2D eigenvalue weighted by Gasteiger charge is -2.37. The molecule has 206 valence electrons. The van der Waals surface area contributed by atoms with Crippen molar-refractivity contribution in [2.75, 3.05) is 0 Å². The van der Waals surface area contributed by atoms with Gasteiger partial charge < -0.3 is 10.6 Å². The molecule has 2 aliphatic carbocycles.